The summed E-state index contributed by atoms with van der Waals surface area (Å²) in [5.74, 6) is -0.246. The molecule has 0 atom stereocenters. The topological polar surface area (TPSA) is 53.7 Å². The number of hydrogen-bond acceptors (Lipinski definition) is 4. The second-order valence-corrected chi connectivity index (χ2v) is 4.30. The molecule has 0 aliphatic rings. The van der Waals surface area contributed by atoms with E-state index in [0.717, 1.165) is 0 Å². The first-order chi connectivity index (χ1) is 8.70. The lowest BCUT2D eigenvalue weighted by Crippen LogP contribution is -2.11. The Labute approximate surface area is 114 Å². The smallest absolute Gasteiger partial charge is 0.179 e. The summed E-state index contributed by atoms with van der Waals surface area (Å²) in [6, 6.07) is 3.30. The molecule has 0 heterocycles. The van der Waals surface area contributed by atoms with Crippen LogP contribution in [0.2, 0.25) is 0 Å². The average molecular weight is 322 g/mol. The lowest BCUT2D eigenvalue weighted by molar-refractivity contribution is 0.0537. The maximum absolute atomic E-state index is 13.8. The molecule has 0 saturated heterocycles. The van der Waals surface area contributed by atoms with Gasteiger partial charge in [0.15, 0.2) is 11.6 Å². The predicted octanol–water partition coefficient (Wildman–Crippen LogP) is 2.09. The minimum Gasteiger partial charge on any atom is -0.488 e. The first-order valence-corrected chi connectivity index (χ1v) is 6.36. The van der Waals surface area contributed by atoms with E-state index in [0.29, 0.717) is 29.9 Å². The van der Waals surface area contributed by atoms with E-state index in [4.69, 9.17) is 19.9 Å². The van der Waals surface area contributed by atoms with Crippen molar-refractivity contribution in [2.24, 2.45) is 5.73 Å². The fourth-order valence-electron chi connectivity index (χ4n) is 1.30. The molecule has 0 aromatic heterocycles. The number of methoxy groups -OCH3 is 1. The van der Waals surface area contributed by atoms with Gasteiger partial charge in [-0.3, -0.25) is 0 Å². The number of nitrogens with two attached hydrogens (primary N) is 1. The predicted molar refractivity (Wildman–Crippen MR) is 70.2 cm³/mol. The van der Waals surface area contributed by atoms with E-state index in [1.165, 1.54) is 0 Å². The third-order valence-corrected chi connectivity index (χ3v) is 3.12. The zero-order valence-corrected chi connectivity index (χ0v) is 11.8. The highest BCUT2D eigenvalue weighted by atomic mass is 79.9. The van der Waals surface area contributed by atoms with Crippen LogP contribution in [0.25, 0.3) is 0 Å². The molecule has 0 amide bonds. The van der Waals surface area contributed by atoms with Crippen LogP contribution >= 0.6 is 15.9 Å². The number of benzene rings is 1. The van der Waals surface area contributed by atoms with Gasteiger partial charge in [-0.15, -0.1) is 0 Å². The van der Waals surface area contributed by atoms with E-state index in [1.54, 1.807) is 19.2 Å². The first-order valence-electron chi connectivity index (χ1n) is 5.57. The molecule has 0 fully saturated rings. The second kappa shape index (κ2) is 8.42. The molecular formula is C12H17BrFNO3. The van der Waals surface area contributed by atoms with E-state index < -0.39 is 5.82 Å². The molecule has 1 rings (SSSR count). The fraction of sp³-hybridized carbons (Fsp3) is 0.500. The Bertz CT molecular complexity index is 377. The highest BCUT2D eigenvalue weighted by Crippen LogP contribution is 2.28. The SMILES string of the molecule is COCCOCCOc1ccc(CN)c(Br)c1F. The minimum absolute atomic E-state index is 0.189. The molecule has 1 aromatic carbocycles. The van der Waals surface area contributed by atoms with Crippen LogP contribution in [-0.2, 0) is 16.0 Å². The molecule has 0 unspecified atom stereocenters. The van der Waals surface area contributed by atoms with Crippen LogP contribution in [0.15, 0.2) is 16.6 Å². The summed E-state index contributed by atoms with van der Waals surface area (Å²) in [6.07, 6.45) is 0. The third-order valence-electron chi connectivity index (χ3n) is 2.26. The Morgan fingerprint density at radius 2 is 1.94 bits per heavy atom. The van der Waals surface area contributed by atoms with Crippen molar-refractivity contribution < 1.29 is 18.6 Å². The molecule has 0 aliphatic heterocycles. The second-order valence-electron chi connectivity index (χ2n) is 3.51. The van der Waals surface area contributed by atoms with Gasteiger partial charge in [0.1, 0.15) is 6.61 Å². The molecule has 18 heavy (non-hydrogen) atoms. The maximum atomic E-state index is 13.8. The van der Waals surface area contributed by atoms with Crippen molar-refractivity contribution in [3.63, 3.8) is 0 Å². The summed E-state index contributed by atoms with van der Waals surface area (Å²) in [5.41, 5.74) is 6.17. The Morgan fingerprint density at radius 3 is 2.61 bits per heavy atom. The van der Waals surface area contributed by atoms with Crippen LogP contribution < -0.4 is 10.5 Å². The molecule has 6 heteroatoms. The standard InChI is InChI=1S/C12H17BrFNO3/c1-16-4-5-17-6-7-18-10-3-2-9(8-15)11(13)12(10)14/h2-3H,4-8,15H2,1H3. The highest BCUT2D eigenvalue weighted by molar-refractivity contribution is 9.10. The van der Waals surface area contributed by atoms with Crippen LogP contribution in [0.4, 0.5) is 4.39 Å². The normalized spacial score (nSPS) is 10.7. The van der Waals surface area contributed by atoms with E-state index in [9.17, 15) is 4.39 Å². The summed E-state index contributed by atoms with van der Waals surface area (Å²) in [5, 5.41) is 0. The van der Waals surface area contributed by atoms with Crippen LogP contribution in [0.1, 0.15) is 5.56 Å². The van der Waals surface area contributed by atoms with Crippen molar-refractivity contribution in [2.45, 2.75) is 6.54 Å². The Hall–Kier alpha value is -0.690. The summed E-state index contributed by atoms with van der Waals surface area (Å²) in [4.78, 5) is 0. The van der Waals surface area contributed by atoms with Gasteiger partial charge in [-0.25, -0.2) is 4.39 Å². The summed E-state index contributed by atoms with van der Waals surface area (Å²) < 4.78 is 29.5. The van der Waals surface area contributed by atoms with Crippen LogP contribution in [0, 0.1) is 5.82 Å². The van der Waals surface area contributed by atoms with Crippen molar-refractivity contribution in [1.82, 2.24) is 0 Å². The number of hydrogen-bond donors (Lipinski definition) is 1. The van der Waals surface area contributed by atoms with Gasteiger partial charge in [-0.2, -0.15) is 0 Å². The Kier molecular flexibility index (Phi) is 7.19. The zero-order valence-electron chi connectivity index (χ0n) is 10.2. The molecule has 0 radical (unpaired) electrons. The van der Waals surface area contributed by atoms with Gasteiger partial charge < -0.3 is 19.9 Å². The first kappa shape index (κ1) is 15.4. The average Bonchev–Trinajstić information content (AvgIpc) is 2.38. The van der Waals surface area contributed by atoms with Gasteiger partial charge in [0.2, 0.25) is 0 Å². The van der Waals surface area contributed by atoms with Crippen molar-refractivity contribution in [1.29, 1.82) is 0 Å². The molecule has 0 bridgehead atoms. The summed E-state index contributed by atoms with van der Waals surface area (Å²) in [7, 11) is 1.60. The monoisotopic (exact) mass is 321 g/mol. The van der Waals surface area contributed by atoms with Gasteiger partial charge in [0, 0.05) is 13.7 Å². The number of halogens is 2. The van der Waals surface area contributed by atoms with E-state index in [-0.39, 0.29) is 18.9 Å². The molecule has 1 aromatic rings. The fourth-order valence-corrected chi connectivity index (χ4v) is 1.79. The molecule has 102 valence electrons. The van der Waals surface area contributed by atoms with Crippen LogP contribution in [0.5, 0.6) is 5.75 Å². The molecule has 0 saturated carbocycles. The third kappa shape index (κ3) is 4.53. The van der Waals surface area contributed by atoms with E-state index in [2.05, 4.69) is 15.9 Å². The number of ether oxygens (including phenoxy) is 3. The van der Waals surface area contributed by atoms with Crippen molar-refractivity contribution >= 4 is 15.9 Å². The molecule has 0 aliphatic carbocycles. The quantitative estimate of drug-likeness (QED) is 0.745. The van der Waals surface area contributed by atoms with Crippen LogP contribution in [0.3, 0.4) is 0 Å². The molecule has 0 spiro atoms. The minimum atomic E-state index is -0.435. The van der Waals surface area contributed by atoms with Crippen LogP contribution in [-0.4, -0.2) is 33.5 Å². The Balaban J connectivity index is 2.41. The molecule has 2 N–H and O–H groups in total. The van der Waals surface area contributed by atoms with Crippen molar-refractivity contribution in [3.05, 3.63) is 28.0 Å². The summed E-state index contributed by atoms with van der Waals surface area (Å²) in [6.45, 7) is 1.98. The van der Waals surface area contributed by atoms with E-state index in [1.807, 2.05) is 0 Å². The van der Waals surface area contributed by atoms with Gasteiger partial charge in [-0.05, 0) is 27.6 Å². The summed E-state index contributed by atoms with van der Waals surface area (Å²) >= 11 is 3.15. The van der Waals surface area contributed by atoms with Gasteiger partial charge in [0.25, 0.3) is 0 Å². The van der Waals surface area contributed by atoms with E-state index >= 15 is 0 Å². The van der Waals surface area contributed by atoms with Crippen molar-refractivity contribution in [2.75, 3.05) is 33.5 Å². The largest absolute Gasteiger partial charge is 0.488 e. The Morgan fingerprint density at radius 1 is 1.22 bits per heavy atom. The van der Waals surface area contributed by atoms with Gasteiger partial charge >= 0.3 is 0 Å². The van der Waals surface area contributed by atoms with Crippen molar-refractivity contribution in [3.8, 4) is 5.75 Å². The van der Waals surface area contributed by atoms with Gasteiger partial charge in [-0.1, -0.05) is 6.07 Å². The molecular weight excluding hydrogens is 305 g/mol. The molecule has 4 nitrogen and oxygen atoms in total. The van der Waals surface area contributed by atoms with Gasteiger partial charge in [0.05, 0.1) is 24.3 Å². The lowest BCUT2D eigenvalue weighted by atomic mass is 10.2. The highest BCUT2D eigenvalue weighted by Gasteiger charge is 2.11. The zero-order chi connectivity index (χ0) is 13.4. The maximum Gasteiger partial charge on any atom is 0.179 e. The number of rotatable bonds is 8. The lowest BCUT2D eigenvalue weighted by Gasteiger charge is -2.10.